The zero-order chi connectivity index (χ0) is 13.8. The first-order valence-corrected chi connectivity index (χ1v) is 8.52. The predicted octanol–water partition coefficient (Wildman–Crippen LogP) is 1.19. The van der Waals surface area contributed by atoms with Crippen molar-refractivity contribution in [3.05, 3.63) is 0 Å². The second-order valence-corrected chi connectivity index (χ2v) is 6.94. The van der Waals surface area contributed by atoms with E-state index in [0.29, 0.717) is 5.92 Å². The molecule has 0 aromatic carbocycles. The molecule has 0 saturated carbocycles. The molecule has 4 heteroatoms. The van der Waals surface area contributed by atoms with Crippen molar-refractivity contribution in [3.63, 3.8) is 0 Å². The van der Waals surface area contributed by atoms with Crippen LogP contribution in [0.3, 0.4) is 0 Å². The molecule has 3 saturated heterocycles. The molecule has 0 bridgehead atoms. The first kappa shape index (κ1) is 14.8. The maximum absolute atomic E-state index is 10.0. The predicted molar refractivity (Wildman–Crippen MR) is 79.8 cm³/mol. The van der Waals surface area contributed by atoms with Crippen LogP contribution in [0.4, 0.5) is 0 Å². The third-order valence-electron chi connectivity index (χ3n) is 5.35. The topological polar surface area (TPSA) is 35.9 Å². The average Bonchev–Trinajstić information content (AvgIpc) is 2.96. The fourth-order valence-electron chi connectivity index (χ4n) is 3.97. The third kappa shape index (κ3) is 3.94. The highest BCUT2D eigenvalue weighted by Gasteiger charge is 2.28. The molecular formula is C16H30N2O2. The molecule has 3 fully saturated rings. The fraction of sp³-hybridized carbons (Fsp3) is 1.00. The van der Waals surface area contributed by atoms with Gasteiger partial charge in [-0.25, -0.2) is 0 Å². The molecule has 3 aliphatic rings. The highest BCUT2D eigenvalue weighted by Crippen LogP contribution is 2.23. The lowest BCUT2D eigenvalue weighted by Crippen LogP contribution is -2.45. The lowest BCUT2D eigenvalue weighted by atomic mass is 9.93. The van der Waals surface area contributed by atoms with Gasteiger partial charge in [0.1, 0.15) is 0 Å². The van der Waals surface area contributed by atoms with E-state index in [-0.39, 0.29) is 6.10 Å². The first-order valence-electron chi connectivity index (χ1n) is 8.52. The Hall–Kier alpha value is -0.160. The number of hydrogen-bond donors (Lipinski definition) is 1. The zero-order valence-electron chi connectivity index (χ0n) is 12.7. The molecule has 2 atom stereocenters. The van der Waals surface area contributed by atoms with Crippen LogP contribution in [0.2, 0.25) is 0 Å². The molecule has 0 spiro atoms. The van der Waals surface area contributed by atoms with Gasteiger partial charge in [0.25, 0.3) is 0 Å². The number of likely N-dealkylation sites (tertiary alicyclic amines) is 2. The first-order chi connectivity index (χ1) is 9.81. The maximum atomic E-state index is 10.0. The van der Waals surface area contributed by atoms with E-state index in [1.807, 2.05) is 0 Å². The van der Waals surface area contributed by atoms with Crippen LogP contribution in [0.5, 0.6) is 0 Å². The minimum Gasteiger partial charge on any atom is -0.393 e. The Morgan fingerprint density at radius 3 is 2.30 bits per heavy atom. The summed E-state index contributed by atoms with van der Waals surface area (Å²) >= 11 is 0. The second kappa shape index (κ2) is 7.21. The monoisotopic (exact) mass is 282 g/mol. The van der Waals surface area contributed by atoms with E-state index < -0.39 is 0 Å². The molecule has 3 aliphatic heterocycles. The summed E-state index contributed by atoms with van der Waals surface area (Å²) in [6, 6.07) is 0. The van der Waals surface area contributed by atoms with E-state index in [1.54, 1.807) is 0 Å². The van der Waals surface area contributed by atoms with Gasteiger partial charge in [0.15, 0.2) is 0 Å². The fourth-order valence-corrected chi connectivity index (χ4v) is 3.97. The van der Waals surface area contributed by atoms with Crippen molar-refractivity contribution in [2.24, 2.45) is 11.8 Å². The molecule has 0 aliphatic carbocycles. The van der Waals surface area contributed by atoms with Crippen molar-refractivity contribution in [2.45, 2.75) is 38.2 Å². The van der Waals surface area contributed by atoms with Crippen molar-refractivity contribution in [1.29, 1.82) is 0 Å². The quantitative estimate of drug-likeness (QED) is 0.840. The van der Waals surface area contributed by atoms with Gasteiger partial charge < -0.3 is 19.6 Å². The van der Waals surface area contributed by atoms with E-state index in [9.17, 15) is 5.11 Å². The van der Waals surface area contributed by atoms with Crippen molar-refractivity contribution >= 4 is 0 Å². The summed E-state index contributed by atoms with van der Waals surface area (Å²) in [6.45, 7) is 8.89. The Morgan fingerprint density at radius 2 is 1.60 bits per heavy atom. The van der Waals surface area contributed by atoms with Crippen molar-refractivity contribution in [3.8, 4) is 0 Å². The Labute approximate surface area is 123 Å². The van der Waals surface area contributed by atoms with Gasteiger partial charge >= 0.3 is 0 Å². The second-order valence-electron chi connectivity index (χ2n) is 6.94. The Kier molecular flexibility index (Phi) is 5.32. The number of rotatable bonds is 4. The summed E-state index contributed by atoms with van der Waals surface area (Å²) in [5.41, 5.74) is 0. The molecule has 3 rings (SSSR count). The molecule has 116 valence electrons. The minimum atomic E-state index is -0.147. The highest BCUT2D eigenvalue weighted by molar-refractivity contribution is 4.81. The van der Waals surface area contributed by atoms with Crippen molar-refractivity contribution in [2.75, 3.05) is 52.5 Å². The van der Waals surface area contributed by atoms with Crippen LogP contribution in [0.15, 0.2) is 0 Å². The molecule has 4 nitrogen and oxygen atoms in total. The standard InChI is InChI=1S/C16H30N2O2/c19-16-5-10-20-13-15(16)12-18-8-3-14(4-9-18)11-17-6-1-2-7-17/h14-16,19H,1-13H2. The van der Waals surface area contributed by atoms with Gasteiger partial charge in [0.2, 0.25) is 0 Å². The summed E-state index contributed by atoms with van der Waals surface area (Å²) in [4.78, 5) is 5.20. The Bertz CT molecular complexity index is 286. The molecule has 0 aromatic heterocycles. The largest absolute Gasteiger partial charge is 0.393 e. The molecule has 0 aromatic rings. The number of aliphatic hydroxyl groups is 1. The van der Waals surface area contributed by atoms with E-state index in [2.05, 4.69) is 9.80 Å². The van der Waals surface area contributed by atoms with E-state index in [4.69, 9.17) is 4.74 Å². The van der Waals surface area contributed by atoms with Gasteiger partial charge in [-0.05, 0) is 64.2 Å². The lowest BCUT2D eigenvalue weighted by Gasteiger charge is -2.37. The summed E-state index contributed by atoms with van der Waals surface area (Å²) < 4.78 is 5.51. The Morgan fingerprint density at radius 1 is 0.900 bits per heavy atom. The van der Waals surface area contributed by atoms with Gasteiger partial charge in [-0.1, -0.05) is 0 Å². The van der Waals surface area contributed by atoms with Crippen LogP contribution in [-0.4, -0.2) is 73.5 Å². The zero-order valence-corrected chi connectivity index (χ0v) is 12.7. The number of hydrogen-bond acceptors (Lipinski definition) is 4. The average molecular weight is 282 g/mol. The Balaban J connectivity index is 1.37. The minimum absolute atomic E-state index is 0.147. The summed E-state index contributed by atoms with van der Waals surface area (Å²) in [6.07, 6.45) is 6.14. The molecular weight excluding hydrogens is 252 g/mol. The third-order valence-corrected chi connectivity index (χ3v) is 5.35. The van der Waals surface area contributed by atoms with E-state index in [1.165, 1.54) is 58.4 Å². The SMILES string of the molecule is OC1CCOCC1CN1CCC(CN2CCCC2)CC1. The summed E-state index contributed by atoms with van der Waals surface area (Å²) in [7, 11) is 0. The maximum Gasteiger partial charge on any atom is 0.0624 e. The van der Waals surface area contributed by atoms with Gasteiger partial charge in [-0.2, -0.15) is 0 Å². The van der Waals surface area contributed by atoms with Crippen LogP contribution >= 0.6 is 0 Å². The number of nitrogens with zero attached hydrogens (tertiary/aromatic N) is 2. The summed E-state index contributed by atoms with van der Waals surface area (Å²) in [5, 5.41) is 10.0. The van der Waals surface area contributed by atoms with Crippen LogP contribution in [0, 0.1) is 11.8 Å². The van der Waals surface area contributed by atoms with E-state index >= 15 is 0 Å². The number of aliphatic hydroxyl groups excluding tert-OH is 1. The van der Waals surface area contributed by atoms with Crippen LogP contribution < -0.4 is 0 Å². The normalized spacial score (nSPS) is 34.6. The molecule has 2 unspecified atom stereocenters. The molecule has 0 radical (unpaired) electrons. The van der Waals surface area contributed by atoms with E-state index in [0.717, 1.165) is 32.1 Å². The number of ether oxygens (including phenoxy) is 1. The van der Waals surface area contributed by atoms with Crippen molar-refractivity contribution < 1.29 is 9.84 Å². The molecule has 0 amide bonds. The molecule has 3 heterocycles. The molecule has 20 heavy (non-hydrogen) atoms. The van der Waals surface area contributed by atoms with Crippen LogP contribution in [0.25, 0.3) is 0 Å². The molecule has 1 N–H and O–H groups in total. The van der Waals surface area contributed by atoms with Crippen LogP contribution in [0.1, 0.15) is 32.1 Å². The van der Waals surface area contributed by atoms with Crippen molar-refractivity contribution in [1.82, 2.24) is 9.80 Å². The van der Waals surface area contributed by atoms with Crippen LogP contribution in [-0.2, 0) is 4.74 Å². The smallest absolute Gasteiger partial charge is 0.0624 e. The van der Waals surface area contributed by atoms with Gasteiger partial charge in [-0.15, -0.1) is 0 Å². The lowest BCUT2D eigenvalue weighted by molar-refractivity contribution is -0.0494. The highest BCUT2D eigenvalue weighted by atomic mass is 16.5. The van der Waals surface area contributed by atoms with Gasteiger partial charge in [0, 0.05) is 25.6 Å². The van der Waals surface area contributed by atoms with Gasteiger partial charge in [-0.3, -0.25) is 0 Å². The van der Waals surface area contributed by atoms with Gasteiger partial charge in [0.05, 0.1) is 12.7 Å². The number of piperidine rings is 1. The summed E-state index contributed by atoms with van der Waals surface area (Å²) in [5.74, 6) is 1.23.